The molecular weight excluding hydrogens is 256 g/mol. The van der Waals surface area contributed by atoms with Gasteiger partial charge < -0.3 is 14.1 Å². The summed E-state index contributed by atoms with van der Waals surface area (Å²) in [6.45, 7) is 5.20. The highest BCUT2D eigenvalue weighted by Crippen LogP contribution is 2.25. The van der Waals surface area contributed by atoms with Crippen molar-refractivity contribution in [3.63, 3.8) is 0 Å². The molecule has 5 heteroatoms. The Hall–Kier alpha value is -2.48. The van der Waals surface area contributed by atoms with Gasteiger partial charge in [0.2, 0.25) is 11.3 Å². The van der Waals surface area contributed by atoms with Crippen LogP contribution in [0, 0.1) is 11.3 Å². The van der Waals surface area contributed by atoms with Crippen molar-refractivity contribution in [2.45, 2.75) is 13.8 Å². The van der Waals surface area contributed by atoms with Gasteiger partial charge in [-0.25, -0.2) is 0 Å². The number of methoxy groups -OCH3 is 1. The third kappa shape index (κ3) is 2.21. The molecule has 0 aliphatic rings. The summed E-state index contributed by atoms with van der Waals surface area (Å²) in [5.41, 5.74) is 0.167. The molecule has 20 heavy (non-hydrogen) atoms. The summed E-state index contributed by atoms with van der Waals surface area (Å²) in [4.78, 5) is 14.2. The van der Waals surface area contributed by atoms with E-state index in [-0.39, 0.29) is 11.0 Å². The van der Waals surface area contributed by atoms with Crippen LogP contribution in [0.2, 0.25) is 0 Å². The molecule has 0 unspecified atom stereocenters. The van der Waals surface area contributed by atoms with Gasteiger partial charge in [0.05, 0.1) is 12.5 Å². The molecule has 1 aromatic carbocycles. The van der Waals surface area contributed by atoms with Gasteiger partial charge in [0.15, 0.2) is 5.56 Å². The van der Waals surface area contributed by atoms with Crippen molar-refractivity contribution in [2.24, 2.45) is 0 Å². The predicted molar refractivity (Wildman–Crippen MR) is 77.3 cm³/mol. The SMILES string of the molecule is CCN(CC)c1oc2cc(OC)ccc2c(=O)c1C#N. The molecule has 0 atom stereocenters. The average Bonchev–Trinajstić information content (AvgIpc) is 2.48. The highest BCUT2D eigenvalue weighted by molar-refractivity contribution is 5.81. The van der Waals surface area contributed by atoms with Crippen LogP contribution >= 0.6 is 0 Å². The van der Waals surface area contributed by atoms with Crippen LogP contribution in [0.5, 0.6) is 5.75 Å². The quantitative estimate of drug-likeness (QED) is 0.855. The Morgan fingerprint density at radius 3 is 2.60 bits per heavy atom. The van der Waals surface area contributed by atoms with E-state index in [1.54, 1.807) is 25.3 Å². The van der Waals surface area contributed by atoms with E-state index >= 15 is 0 Å². The Labute approximate surface area is 117 Å². The van der Waals surface area contributed by atoms with Gasteiger partial charge in [-0.1, -0.05) is 0 Å². The lowest BCUT2D eigenvalue weighted by Gasteiger charge is -2.20. The van der Waals surface area contributed by atoms with Gasteiger partial charge in [-0.2, -0.15) is 5.26 Å². The molecule has 0 N–H and O–H groups in total. The molecule has 5 nitrogen and oxygen atoms in total. The molecule has 0 amide bonds. The first-order valence-electron chi connectivity index (χ1n) is 6.46. The molecule has 0 radical (unpaired) electrons. The molecular formula is C15H16N2O3. The third-order valence-corrected chi connectivity index (χ3v) is 3.24. The molecule has 104 valence electrons. The Balaban J connectivity index is 2.80. The minimum Gasteiger partial charge on any atom is -0.497 e. The van der Waals surface area contributed by atoms with E-state index in [4.69, 9.17) is 9.15 Å². The predicted octanol–water partition coefficient (Wildman–Crippen LogP) is 2.52. The zero-order valence-electron chi connectivity index (χ0n) is 11.8. The second-order valence-electron chi connectivity index (χ2n) is 4.26. The second-order valence-corrected chi connectivity index (χ2v) is 4.26. The molecule has 2 aromatic rings. The van der Waals surface area contributed by atoms with Crippen molar-refractivity contribution in [3.8, 4) is 11.8 Å². The summed E-state index contributed by atoms with van der Waals surface area (Å²) in [5, 5.41) is 9.63. The number of ether oxygens (including phenoxy) is 1. The zero-order chi connectivity index (χ0) is 14.7. The molecule has 0 bridgehead atoms. The summed E-state index contributed by atoms with van der Waals surface area (Å²) in [7, 11) is 1.55. The van der Waals surface area contributed by atoms with Gasteiger partial charge >= 0.3 is 0 Å². The summed E-state index contributed by atoms with van der Waals surface area (Å²) in [6, 6.07) is 6.91. The minimum absolute atomic E-state index is 0.0476. The van der Waals surface area contributed by atoms with Crippen LogP contribution < -0.4 is 15.1 Å². The van der Waals surface area contributed by atoms with Crippen LogP contribution in [-0.2, 0) is 0 Å². The number of benzene rings is 1. The summed E-state index contributed by atoms with van der Waals surface area (Å²) < 4.78 is 10.9. The summed E-state index contributed by atoms with van der Waals surface area (Å²) in [5.74, 6) is 0.930. The van der Waals surface area contributed by atoms with Crippen LogP contribution in [0.1, 0.15) is 19.4 Å². The van der Waals surface area contributed by atoms with Gasteiger partial charge in [-0.15, -0.1) is 0 Å². The van der Waals surface area contributed by atoms with Crippen molar-refractivity contribution in [1.29, 1.82) is 5.26 Å². The third-order valence-electron chi connectivity index (χ3n) is 3.24. The molecule has 2 rings (SSSR count). The van der Waals surface area contributed by atoms with Gasteiger partial charge in [0.1, 0.15) is 17.4 Å². The van der Waals surface area contributed by atoms with Gasteiger partial charge in [0, 0.05) is 19.2 Å². The van der Waals surface area contributed by atoms with Crippen molar-refractivity contribution >= 4 is 16.9 Å². The number of hydrogen-bond acceptors (Lipinski definition) is 5. The van der Waals surface area contributed by atoms with E-state index in [0.29, 0.717) is 35.7 Å². The highest BCUT2D eigenvalue weighted by Gasteiger charge is 2.18. The van der Waals surface area contributed by atoms with Crippen molar-refractivity contribution in [2.75, 3.05) is 25.1 Å². The van der Waals surface area contributed by atoms with Crippen LogP contribution in [0.15, 0.2) is 27.4 Å². The molecule has 1 heterocycles. The van der Waals surface area contributed by atoms with E-state index < -0.39 is 0 Å². The lowest BCUT2D eigenvalue weighted by Crippen LogP contribution is -2.25. The first-order valence-corrected chi connectivity index (χ1v) is 6.46. The zero-order valence-corrected chi connectivity index (χ0v) is 11.8. The largest absolute Gasteiger partial charge is 0.497 e. The number of anilines is 1. The van der Waals surface area contributed by atoms with E-state index in [1.165, 1.54) is 0 Å². The fraction of sp³-hybridized carbons (Fsp3) is 0.333. The van der Waals surface area contributed by atoms with Gasteiger partial charge in [-0.3, -0.25) is 4.79 Å². The van der Waals surface area contributed by atoms with Gasteiger partial charge in [-0.05, 0) is 26.0 Å². The van der Waals surface area contributed by atoms with E-state index in [0.717, 1.165) is 0 Å². The maximum atomic E-state index is 12.4. The van der Waals surface area contributed by atoms with Crippen LogP contribution in [0.25, 0.3) is 11.0 Å². The first-order chi connectivity index (χ1) is 9.65. The number of nitriles is 1. The van der Waals surface area contributed by atoms with Crippen molar-refractivity contribution in [1.82, 2.24) is 0 Å². The fourth-order valence-electron chi connectivity index (χ4n) is 2.12. The maximum Gasteiger partial charge on any atom is 0.218 e. The Morgan fingerprint density at radius 2 is 2.05 bits per heavy atom. The topological polar surface area (TPSA) is 66.5 Å². The molecule has 0 fully saturated rings. The van der Waals surface area contributed by atoms with Crippen molar-refractivity contribution < 1.29 is 9.15 Å². The van der Waals surface area contributed by atoms with E-state index in [1.807, 2.05) is 24.8 Å². The molecule has 0 aliphatic carbocycles. The molecule has 0 spiro atoms. The molecule has 0 saturated carbocycles. The Kier molecular flexibility index (Phi) is 3.94. The molecule has 1 aromatic heterocycles. The standard InChI is InChI=1S/C15H16N2O3/c1-4-17(5-2)15-12(9-16)14(18)11-7-6-10(19-3)8-13(11)20-15/h6-8H,4-5H2,1-3H3. The number of rotatable bonds is 4. The fourth-order valence-corrected chi connectivity index (χ4v) is 2.12. The smallest absolute Gasteiger partial charge is 0.218 e. The lowest BCUT2D eigenvalue weighted by molar-refractivity contribution is 0.414. The normalized spacial score (nSPS) is 10.3. The number of hydrogen-bond donors (Lipinski definition) is 0. The van der Waals surface area contributed by atoms with Gasteiger partial charge in [0.25, 0.3) is 0 Å². The molecule has 0 aliphatic heterocycles. The van der Waals surface area contributed by atoms with E-state index in [2.05, 4.69) is 0 Å². The lowest BCUT2D eigenvalue weighted by atomic mass is 10.1. The molecule has 0 saturated heterocycles. The monoisotopic (exact) mass is 272 g/mol. The van der Waals surface area contributed by atoms with Crippen LogP contribution in [-0.4, -0.2) is 20.2 Å². The average molecular weight is 272 g/mol. The Morgan fingerprint density at radius 1 is 1.35 bits per heavy atom. The highest BCUT2D eigenvalue weighted by atomic mass is 16.5. The maximum absolute atomic E-state index is 12.4. The Bertz CT molecular complexity index is 724. The second kappa shape index (κ2) is 5.66. The van der Waals surface area contributed by atoms with Crippen LogP contribution in [0.3, 0.4) is 0 Å². The number of nitrogens with zero attached hydrogens (tertiary/aromatic N) is 2. The first kappa shape index (κ1) is 13.9. The van der Waals surface area contributed by atoms with Crippen LogP contribution in [0.4, 0.5) is 5.88 Å². The number of fused-ring (bicyclic) bond motifs is 1. The summed E-state index contributed by atoms with van der Waals surface area (Å²) in [6.07, 6.45) is 0. The minimum atomic E-state index is -0.307. The summed E-state index contributed by atoms with van der Waals surface area (Å²) >= 11 is 0. The van der Waals surface area contributed by atoms with Crippen molar-refractivity contribution in [3.05, 3.63) is 34.0 Å². The van der Waals surface area contributed by atoms with E-state index in [9.17, 15) is 10.1 Å².